The molecule has 1 unspecified atom stereocenters. The lowest BCUT2D eigenvalue weighted by atomic mass is 9.85. The van der Waals surface area contributed by atoms with E-state index in [9.17, 15) is 24.3 Å². The first-order chi connectivity index (χ1) is 35.3. The molecule has 4 aromatic heterocycles. The number of hydrogen-bond acceptors (Lipinski definition) is 12. The summed E-state index contributed by atoms with van der Waals surface area (Å²) in [6.45, 7) is 15.5. The average molecular weight is 1060 g/mol. The van der Waals surface area contributed by atoms with Crippen molar-refractivity contribution in [1.29, 1.82) is 0 Å². The molecule has 384 valence electrons. The lowest BCUT2D eigenvalue weighted by molar-refractivity contribution is -0.142. The van der Waals surface area contributed by atoms with Gasteiger partial charge in [-0.15, -0.1) is 32.9 Å². The van der Waals surface area contributed by atoms with E-state index in [1.807, 2.05) is 87.7 Å². The van der Waals surface area contributed by atoms with Gasteiger partial charge in [0.1, 0.15) is 46.4 Å². The van der Waals surface area contributed by atoms with Gasteiger partial charge in [-0.2, -0.15) is 0 Å². The minimum atomic E-state index is -1.06. The van der Waals surface area contributed by atoms with Crippen LogP contribution in [-0.4, -0.2) is 91.0 Å². The summed E-state index contributed by atoms with van der Waals surface area (Å²) in [6, 6.07) is 21.6. The number of halogens is 1. The zero-order chi connectivity index (χ0) is 52.3. The van der Waals surface area contributed by atoms with Gasteiger partial charge in [-0.25, -0.2) is 0 Å². The van der Waals surface area contributed by atoms with Crippen LogP contribution >= 0.6 is 34.3 Å². The number of ether oxygens (including phenoxy) is 1. The zero-order valence-corrected chi connectivity index (χ0v) is 44.9. The minimum Gasteiger partial charge on any atom is -0.490 e. The molecule has 10 rings (SSSR count). The second kappa shape index (κ2) is 20.2. The highest BCUT2D eigenvalue weighted by atomic mass is 35.5. The van der Waals surface area contributed by atoms with E-state index in [0.29, 0.717) is 40.4 Å². The Morgan fingerprint density at radius 2 is 1.65 bits per heavy atom. The molecule has 0 spiro atoms. The number of furan rings is 1. The van der Waals surface area contributed by atoms with Crippen LogP contribution in [-0.2, 0) is 14.4 Å². The van der Waals surface area contributed by atoms with E-state index in [-0.39, 0.29) is 55.1 Å². The number of aliphatic imine (C=N–C) groups is 1. The molecule has 2 fully saturated rings. The van der Waals surface area contributed by atoms with Gasteiger partial charge in [0.25, 0.3) is 5.91 Å². The predicted octanol–water partition coefficient (Wildman–Crippen LogP) is 9.68. The predicted molar refractivity (Wildman–Crippen MR) is 288 cm³/mol. The summed E-state index contributed by atoms with van der Waals surface area (Å²) in [5, 5.41) is 33.2. The van der Waals surface area contributed by atoms with E-state index in [4.69, 9.17) is 25.7 Å². The Hall–Kier alpha value is -6.66. The van der Waals surface area contributed by atoms with Gasteiger partial charge < -0.3 is 35.1 Å². The van der Waals surface area contributed by atoms with Gasteiger partial charge in [-0.05, 0) is 110 Å². The lowest BCUT2D eigenvalue weighted by Crippen LogP contribution is -2.57. The van der Waals surface area contributed by atoms with Gasteiger partial charge in [0.2, 0.25) is 17.7 Å². The first kappa shape index (κ1) is 50.9. The number of aliphatic hydroxyl groups excluding tert-OH is 1. The summed E-state index contributed by atoms with van der Waals surface area (Å²) in [7, 11) is 0. The maximum Gasteiger partial charge on any atom is 0.287 e. The summed E-state index contributed by atoms with van der Waals surface area (Å²) in [5.41, 5.74) is 6.69. The molecular weight excluding hydrogens is 996 g/mol. The smallest absolute Gasteiger partial charge is 0.287 e. The van der Waals surface area contributed by atoms with E-state index in [1.165, 1.54) is 20.2 Å². The number of benzene rings is 3. The summed E-state index contributed by atoms with van der Waals surface area (Å²) in [4.78, 5) is 64.8. The van der Waals surface area contributed by atoms with Crippen molar-refractivity contribution < 1.29 is 33.4 Å². The number of aromatic nitrogens is 3. The van der Waals surface area contributed by atoms with Gasteiger partial charge in [-0.3, -0.25) is 28.7 Å². The number of nitrogens with zero attached hydrogens (tertiary/aromatic N) is 5. The van der Waals surface area contributed by atoms with Crippen molar-refractivity contribution in [2.24, 2.45) is 10.4 Å². The molecule has 2 aliphatic heterocycles. The van der Waals surface area contributed by atoms with Crippen LogP contribution in [0.1, 0.15) is 120 Å². The van der Waals surface area contributed by atoms with Crippen molar-refractivity contribution in [3.8, 4) is 21.2 Å². The van der Waals surface area contributed by atoms with Gasteiger partial charge in [0, 0.05) is 63.1 Å². The summed E-state index contributed by atoms with van der Waals surface area (Å²) in [6.07, 6.45) is 0.275. The van der Waals surface area contributed by atoms with Crippen LogP contribution in [0.25, 0.3) is 26.4 Å². The molecule has 1 saturated carbocycles. The molecule has 7 aromatic rings. The number of hydrogen-bond donors (Lipinski definition) is 4. The molecule has 1 aliphatic carbocycles. The highest BCUT2D eigenvalue weighted by molar-refractivity contribution is 7.15. The van der Waals surface area contributed by atoms with Crippen LogP contribution in [0.5, 0.6) is 5.75 Å². The SMILES string of the molecule is Cc1ccsc1-c1ccc(C(C)NC(=O)[C@@H]2C[C@@H](O)CN2C(=O)[C@@H](NC(=O)c2cc3cc(OC4CC(NC(=O)C[C@@H]5N=C(c6ccc(Cl)cc6)c6c(sc(C)c6C)-n6c(C)nnc65)C4)ccc3o2)C(C)(C)C)cc1. The third kappa shape index (κ3) is 10.1. The topological polar surface area (TPSA) is 193 Å². The molecule has 3 aromatic carbocycles. The standard InChI is InChI=1S/C56H59ClN8O7S2/c1-28-19-20-73-49(28)35-11-9-33(10-12-35)30(3)58-52(68)43-25-39(66)27-64(43)54(70)50(56(6,7)8)61-53(69)45-22-36-21-40(17-18-44(36)72-45)71-41-23-38(24-41)59-46(67)26-42-51-63-62-32(5)65(51)55-47(29(2)31(4)74-55)48(60-42)34-13-15-37(57)16-14-34/h9-22,30,38-39,41-43,50,66H,23-27H2,1-8H3,(H,58,68)(H,59,67)(H,61,69)/t30?,38?,39-,41?,42+,43+,50-/m1/s1. The van der Waals surface area contributed by atoms with Crippen LogP contribution in [0.15, 0.2) is 93.7 Å². The molecular formula is C56H59ClN8O7S2. The normalized spacial score (nSPS) is 20.2. The monoisotopic (exact) mass is 1050 g/mol. The van der Waals surface area contributed by atoms with Crippen molar-refractivity contribution in [2.75, 3.05) is 6.54 Å². The van der Waals surface area contributed by atoms with Gasteiger partial charge >= 0.3 is 0 Å². The Kier molecular flexibility index (Phi) is 13.9. The quantitative estimate of drug-likeness (QED) is 0.0870. The molecule has 4 amide bonds. The Bertz CT molecular complexity index is 3330. The largest absolute Gasteiger partial charge is 0.490 e. The molecule has 3 aliphatic rings. The molecule has 0 radical (unpaired) electrons. The molecule has 4 N–H and O–H groups in total. The fourth-order valence-corrected chi connectivity index (χ4v) is 12.4. The molecule has 74 heavy (non-hydrogen) atoms. The molecule has 15 nitrogen and oxygen atoms in total. The van der Waals surface area contributed by atoms with Crippen molar-refractivity contribution in [3.63, 3.8) is 0 Å². The number of carbonyl (C=O) groups excluding carboxylic acids is 4. The first-order valence-corrected chi connectivity index (χ1v) is 27.0. The van der Waals surface area contributed by atoms with Crippen LogP contribution in [0.4, 0.5) is 0 Å². The second-order valence-electron chi connectivity index (χ2n) is 20.8. The van der Waals surface area contributed by atoms with E-state index in [1.54, 1.807) is 46.9 Å². The van der Waals surface area contributed by atoms with Gasteiger partial charge in [-0.1, -0.05) is 68.8 Å². The zero-order valence-electron chi connectivity index (χ0n) is 42.5. The van der Waals surface area contributed by atoms with Crippen molar-refractivity contribution in [2.45, 2.75) is 123 Å². The van der Waals surface area contributed by atoms with Crippen LogP contribution in [0.2, 0.25) is 5.02 Å². The van der Waals surface area contributed by atoms with Gasteiger partial charge in [0.05, 0.1) is 24.3 Å². The number of carbonyl (C=O) groups is 4. The van der Waals surface area contributed by atoms with E-state index in [0.717, 1.165) is 44.4 Å². The molecule has 6 heterocycles. The fraction of sp³-hybridized carbons (Fsp3) is 0.375. The highest BCUT2D eigenvalue weighted by Crippen LogP contribution is 2.40. The Morgan fingerprint density at radius 1 is 0.919 bits per heavy atom. The molecule has 18 heteroatoms. The molecule has 0 bridgehead atoms. The third-order valence-corrected chi connectivity index (χ3v) is 16.9. The van der Waals surface area contributed by atoms with Crippen molar-refractivity contribution >= 4 is 74.6 Å². The molecule has 1 saturated heterocycles. The summed E-state index contributed by atoms with van der Waals surface area (Å²) in [5.74, 6) is 0.305. The number of aliphatic hydroxyl groups is 1. The number of aryl methyl sites for hydroxylation is 3. The Balaban J connectivity index is 0.754. The second-order valence-corrected chi connectivity index (χ2v) is 23.4. The molecule has 5 atom stereocenters. The number of likely N-dealkylation sites (tertiary alicyclic amines) is 1. The average Bonchev–Trinajstić information content (AvgIpc) is 4.19. The highest BCUT2D eigenvalue weighted by Gasteiger charge is 2.45. The van der Waals surface area contributed by atoms with Crippen molar-refractivity contribution in [1.82, 2.24) is 35.6 Å². The number of rotatable bonds is 13. The third-order valence-electron chi connectivity index (χ3n) is 14.4. The minimum absolute atomic E-state index is 0.00279. The number of amides is 4. The number of nitrogens with one attached hydrogen (secondary N) is 3. The van der Waals surface area contributed by atoms with Crippen LogP contribution in [0.3, 0.4) is 0 Å². The van der Waals surface area contributed by atoms with E-state index < -0.39 is 41.5 Å². The Morgan fingerprint density at radius 3 is 2.35 bits per heavy atom. The van der Waals surface area contributed by atoms with E-state index >= 15 is 0 Å². The summed E-state index contributed by atoms with van der Waals surface area (Å²) >= 11 is 9.62. The van der Waals surface area contributed by atoms with Gasteiger partial charge in [0.15, 0.2) is 11.6 Å². The maximum absolute atomic E-state index is 14.4. The summed E-state index contributed by atoms with van der Waals surface area (Å²) < 4.78 is 14.4. The van der Waals surface area contributed by atoms with Crippen LogP contribution in [0, 0.1) is 33.1 Å². The lowest BCUT2D eigenvalue weighted by Gasteiger charge is -2.36. The number of β-amino-alcohol motifs (C(OH)–C–C–N with tert-alkyl or cyclic N) is 1. The van der Waals surface area contributed by atoms with Crippen molar-refractivity contribution in [3.05, 3.63) is 139 Å². The number of thiophene rings is 2. The first-order valence-electron chi connectivity index (χ1n) is 24.9. The fourth-order valence-electron chi connectivity index (χ4n) is 10.1. The maximum atomic E-state index is 14.4. The Labute approximate surface area is 442 Å². The van der Waals surface area contributed by atoms with E-state index in [2.05, 4.69) is 58.4 Å². The van der Waals surface area contributed by atoms with Crippen LogP contribution < -0.4 is 20.7 Å². The number of fused-ring (bicyclic) bond motifs is 4.